The van der Waals surface area contributed by atoms with Crippen molar-refractivity contribution < 1.29 is 14.0 Å². The van der Waals surface area contributed by atoms with Crippen molar-refractivity contribution in [3.8, 4) is 0 Å². The molecule has 1 aliphatic rings. The Morgan fingerprint density at radius 1 is 1.25 bits per heavy atom. The summed E-state index contributed by atoms with van der Waals surface area (Å²) >= 11 is 0. The molecule has 3 aromatic rings. The average Bonchev–Trinajstić information content (AvgIpc) is 3.08. The first-order chi connectivity index (χ1) is 13.6. The fourth-order valence-corrected chi connectivity index (χ4v) is 3.29. The molecule has 0 bridgehead atoms. The zero-order valence-electron chi connectivity index (χ0n) is 15.1. The van der Waals surface area contributed by atoms with Crippen molar-refractivity contribution >= 4 is 17.5 Å². The van der Waals surface area contributed by atoms with E-state index in [1.807, 2.05) is 24.3 Å². The monoisotopic (exact) mass is 378 g/mol. The second-order valence-corrected chi connectivity index (χ2v) is 6.77. The number of hydrogen-bond donors (Lipinski definition) is 2. The highest BCUT2D eigenvalue weighted by molar-refractivity contribution is 6.01. The second-order valence-electron chi connectivity index (χ2n) is 6.77. The maximum absolute atomic E-state index is 13.3. The lowest BCUT2D eigenvalue weighted by Crippen LogP contribution is -2.43. The van der Waals surface area contributed by atoms with Gasteiger partial charge in [0.05, 0.1) is 6.33 Å². The number of imidazole rings is 1. The highest BCUT2D eigenvalue weighted by Gasteiger charge is 2.26. The first-order valence-corrected chi connectivity index (χ1v) is 9.04. The Morgan fingerprint density at radius 2 is 2.11 bits per heavy atom. The van der Waals surface area contributed by atoms with Crippen molar-refractivity contribution in [3.63, 3.8) is 0 Å². The molecule has 0 fully saturated rings. The Balaban J connectivity index is 1.41. The SMILES string of the molecule is O=C(NC1CCc2ccccc2NC1=O)c1cn(Cc2cccc(F)c2)cn1. The van der Waals surface area contributed by atoms with Crippen LogP contribution in [0.2, 0.25) is 0 Å². The molecule has 0 radical (unpaired) electrons. The number of halogens is 1. The van der Waals surface area contributed by atoms with Gasteiger partial charge in [0.2, 0.25) is 5.91 Å². The van der Waals surface area contributed by atoms with Crippen LogP contribution in [-0.2, 0) is 17.8 Å². The lowest BCUT2D eigenvalue weighted by molar-refractivity contribution is -0.118. The second kappa shape index (κ2) is 7.64. The fraction of sp³-hybridized carbons (Fsp3) is 0.190. The van der Waals surface area contributed by atoms with Crippen LogP contribution in [-0.4, -0.2) is 27.4 Å². The molecule has 1 atom stereocenters. The minimum absolute atomic E-state index is 0.214. The number of aromatic nitrogens is 2. The third-order valence-electron chi connectivity index (χ3n) is 4.72. The number of carbonyl (C=O) groups excluding carboxylic acids is 2. The molecule has 0 saturated carbocycles. The maximum Gasteiger partial charge on any atom is 0.272 e. The first-order valence-electron chi connectivity index (χ1n) is 9.04. The zero-order valence-corrected chi connectivity index (χ0v) is 15.1. The van der Waals surface area contributed by atoms with Gasteiger partial charge in [-0.25, -0.2) is 9.37 Å². The van der Waals surface area contributed by atoms with Crippen molar-refractivity contribution in [3.05, 3.63) is 83.7 Å². The molecule has 1 aliphatic heterocycles. The maximum atomic E-state index is 13.3. The summed E-state index contributed by atoms with van der Waals surface area (Å²) in [6.07, 6.45) is 4.30. The van der Waals surface area contributed by atoms with Crippen LogP contribution in [0.5, 0.6) is 0 Å². The van der Waals surface area contributed by atoms with Crippen LogP contribution in [0.3, 0.4) is 0 Å². The number of nitrogens with zero attached hydrogens (tertiary/aromatic N) is 2. The summed E-state index contributed by atoms with van der Waals surface area (Å²) in [5.74, 6) is -0.961. The first kappa shape index (κ1) is 17.9. The lowest BCUT2D eigenvalue weighted by Gasteiger charge is -2.14. The topological polar surface area (TPSA) is 76.0 Å². The average molecular weight is 378 g/mol. The van der Waals surface area contributed by atoms with Gasteiger partial charge in [-0.15, -0.1) is 0 Å². The quantitative estimate of drug-likeness (QED) is 0.733. The molecule has 1 aromatic heterocycles. The van der Waals surface area contributed by atoms with E-state index >= 15 is 0 Å². The molecule has 4 rings (SSSR count). The standard InChI is InChI=1S/C21H19FN4O2/c22-16-6-3-4-14(10-16)11-26-12-19(23-13-26)21(28)25-18-9-8-15-5-1-2-7-17(15)24-20(18)27/h1-7,10,12-13,18H,8-9,11H2,(H,24,27)(H,25,28). The van der Waals surface area contributed by atoms with Crippen LogP contribution in [0, 0.1) is 5.82 Å². The van der Waals surface area contributed by atoms with E-state index in [1.165, 1.54) is 18.5 Å². The molecule has 0 aliphatic carbocycles. The highest BCUT2D eigenvalue weighted by Crippen LogP contribution is 2.21. The van der Waals surface area contributed by atoms with Gasteiger partial charge in [0.1, 0.15) is 17.6 Å². The van der Waals surface area contributed by atoms with Crippen LogP contribution < -0.4 is 10.6 Å². The third kappa shape index (κ3) is 3.93. The predicted octanol–water partition coefficient (Wildman–Crippen LogP) is 2.75. The van der Waals surface area contributed by atoms with Gasteiger partial charge in [0.25, 0.3) is 5.91 Å². The van der Waals surface area contributed by atoms with E-state index in [-0.39, 0.29) is 17.4 Å². The number of amides is 2. The minimum Gasteiger partial charge on any atom is -0.339 e. The number of anilines is 1. The molecule has 2 amide bonds. The van der Waals surface area contributed by atoms with E-state index in [0.717, 1.165) is 16.8 Å². The number of aryl methyl sites for hydroxylation is 1. The van der Waals surface area contributed by atoms with Gasteiger partial charge in [0.15, 0.2) is 0 Å². The predicted molar refractivity (Wildman–Crippen MR) is 102 cm³/mol. The number of para-hydroxylation sites is 1. The molecule has 0 saturated heterocycles. The van der Waals surface area contributed by atoms with Gasteiger partial charge in [0, 0.05) is 18.4 Å². The normalized spacial score (nSPS) is 16.0. The van der Waals surface area contributed by atoms with E-state index in [4.69, 9.17) is 0 Å². The molecule has 2 heterocycles. The zero-order chi connectivity index (χ0) is 19.5. The Labute approximate surface area is 161 Å². The summed E-state index contributed by atoms with van der Waals surface area (Å²) < 4.78 is 15.0. The van der Waals surface area contributed by atoms with Crippen molar-refractivity contribution in [2.45, 2.75) is 25.4 Å². The molecule has 142 valence electrons. The van der Waals surface area contributed by atoms with Gasteiger partial charge in [-0.3, -0.25) is 9.59 Å². The molecule has 1 unspecified atom stereocenters. The van der Waals surface area contributed by atoms with E-state index in [2.05, 4.69) is 15.6 Å². The smallest absolute Gasteiger partial charge is 0.272 e. The molecule has 7 heteroatoms. The Kier molecular flexibility index (Phi) is 4.89. The van der Waals surface area contributed by atoms with E-state index in [1.54, 1.807) is 22.9 Å². The van der Waals surface area contributed by atoms with Crippen LogP contribution in [0.25, 0.3) is 0 Å². The van der Waals surface area contributed by atoms with Crippen molar-refractivity contribution in [2.24, 2.45) is 0 Å². The van der Waals surface area contributed by atoms with E-state index < -0.39 is 11.9 Å². The summed E-state index contributed by atoms with van der Waals surface area (Å²) in [6.45, 7) is 0.400. The summed E-state index contributed by atoms with van der Waals surface area (Å²) in [4.78, 5) is 29.1. The van der Waals surface area contributed by atoms with E-state index in [0.29, 0.717) is 19.4 Å². The molecule has 2 aromatic carbocycles. The van der Waals surface area contributed by atoms with Gasteiger partial charge >= 0.3 is 0 Å². The summed E-state index contributed by atoms with van der Waals surface area (Å²) in [6, 6.07) is 13.2. The molecular formula is C21H19FN4O2. The Hall–Kier alpha value is -3.48. The van der Waals surface area contributed by atoms with Crippen molar-refractivity contribution in [1.29, 1.82) is 0 Å². The van der Waals surface area contributed by atoms with Crippen LogP contribution in [0.15, 0.2) is 61.1 Å². The largest absolute Gasteiger partial charge is 0.339 e. The fourth-order valence-electron chi connectivity index (χ4n) is 3.29. The Bertz CT molecular complexity index is 1030. The van der Waals surface area contributed by atoms with Crippen molar-refractivity contribution in [2.75, 3.05) is 5.32 Å². The van der Waals surface area contributed by atoms with Crippen molar-refractivity contribution in [1.82, 2.24) is 14.9 Å². The number of hydrogen-bond acceptors (Lipinski definition) is 3. The molecular weight excluding hydrogens is 359 g/mol. The van der Waals surface area contributed by atoms with Crippen LogP contribution in [0.1, 0.15) is 28.0 Å². The molecule has 2 N–H and O–H groups in total. The number of nitrogens with one attached hydrogen (secondary N) is 2. The number of carbonyl (C=O) groups is 2. The molecule has 6 nitrogen and oxygen atoms in total. The summed E-state index contributed by atoms with van der Waals surface area (Å²) in [5, 5.41) is 5.62. The van der Waals surface area contributed by atoms with Gasteiger partial charge in [-0.2, -0.15) is 0 Å². The van der Waals surface area contributed by atoms with Gasteiger partial charge in [-0.05, 0) is 42.2 Å². The minimum atomic E-state index is -0.631. The lowest BCUT2D eigenvalue weighted by atomic mass is 10.1. The molecule has 0 spiro atoms. The van der Waals surface area contributed by atoms with Crippen LogP contribution in [0.4, 0.5) is 10.1 Å². The van der Waals surface area contributed by atoms with Crippen LogP contribution >= 0.6 is 0 Å². The highest BCUT2D eigenvalue weighted by atomic mass is 19.1. The number of benzene rings is 2. The van der Waals surface area contributed by atoms with Gasteiger partial charge < -0.3 is 15.2 Å². The number of fused-ring (bicyclic) bond motifs is 1. The number of rotatable bonds is 4. The summed E-state index contributed by atoms with van der Waals surface area (Å²) in [5.41, 5.74) is 2.81. The Morgan fingerprint density at radius 3 is 2.96 bits per heavy atom. The van der Waals surface area contributed by atoms with Gasteiger partial charge in [-0.1, -0.05) is 30.3 Å². The molecule has 28 heavy (non-hydrogen) atoms. The van der Waals surface area contributed by atoms with E-state index in [9.17, 15) is 14.0 Å². The summed E-state index contributed by atoms with van der Waals surface area (Å²) in [7, 11) is 0. The third-order valence-corrected chi connectivity index (χ3v) is 4.72.